The predicted octanol–water partition coefficient (Wildman–Crippen LogP) is 2.91. The number of carbonyl (C=O) groups excluding carboxylic acids is 1. The van der Waals surface area contributed by atoms with Crippen LogP contribution in [0.3, 0.4) is 0 Å². The maximum atomic E-state index is 12.9. The summed E-state index contributed by atoms with van der Waals surface area (Å²) in [4.78, 5) is 13.4. The Morgan fingerprint density at radius 3 is 2.86 bits per heavy atom. The summed E-state index contributed by atoms with van der Waals surface area (Å²) in [6.45, 7) is 5.51. The van der Waals surface area contributed by atoms with Crippen LogP contribution in [0.2, 0.25) is 0 Å². The second kappa shape index (κ2) is 8.13. The first kappa shape index (κ1) is 16.0. The molecule has 1 aromatic carbocycles. The molecular formula is C17H24FN2O. The van der Waals surface area contributed by atoms with E-state index in [-0.39, 0.29) is 11.7 Å². The number of hydrogen-bond donors (Lipinski definition) is 1. The van der Waals surface area contributed by atoms with Crippen molar-refractivity contribution in [2.75, 3.05) is 13.1 Å². The molecule has 1 aliphatic rings. The molecule has 1 N–H and O–H groups in total. The highest BCUT2D eigenvalue weighted by Crippen LogP contribution is 2.20. The Bertz CT molecular complexity index is 447. The standard InChI is InChI=1S/C17H24FN2O/c1-14(21)19-11-9-17-4-2-3-12-20(17)13-10-15-5-7-16(18)8-6-15/h5-8,11,17H,2-4,9-10,12-13H2,1H3,(H,19,21). The van der Waals surface area contributed by atoms with Crippen molar-refractivity contribution in [1.29, 1.82) is 0 Å². The van der Waals surface area contributed by atoms with Crippen molar-refractivity contribution in [3.8, 4) is 0 Å². The van der Waals surface area contributed by atoms with E-state index < -0.39 is 0 Å². The van der Waals surface area contributed by atoms with E-state index in [1.54, 1.807) is 0 Å². The second-order valence-electron chi connectivity index (χ2n) is 5.70. The van der Waals surface area contributed by atoms with Gasteiger partial charge in [0, 0.05) is 19.5 Å². The average molecular weight is 291 g/mol. The van der Waals surface area contributed by atoms with E-state index in [0.717, 1.165) is 25.9 Å². The molecule has 1 saturated heterocycles. The van der Waals surface area contributed by atoms with Crippen LogP contribution in [0.5, 0.6) is 0 Å². The molecule has 115 valence electrons. The minimum atomic E-state index is -0.181. The number of benzene rings is 1. The van der Waals surface area contributed by atoms with Crippen LogP contribution in [0.15, 0.2) is 24.3 Å². The van der Waals surface area contributed by atoms with Crippen molar-refractivity contribution in [2.45, 2.75) is 45.1 Å². The van der Waals surface area contributed by atoms with Crippen LogP contribution in [0, 0.1) is 12.4 Å². The van der Waals surface area contributed by atoms with Gasteiger partial charge in [0.25, 0.3) is 0 Å². The van der Waals surface area contributed by atoms with Crippen LogP contribution < -0.4 is 5.32 Å². The largest absolute Gasteiger partial charge is 0.351 e. The number of carbonyl (C=O) groups is 1. The van der Waals surface area contributed by atoms with E-state index in [1.807, 2.05) is 18.7 Å². The lowest BCUT2D eigenvalue weighted by Gasteiger charge is -2.35. The first-order valence-electron chi connectivity index (χ1n) is 7.72. The number of amides is 1. The van der Waals surface area contributed by atoms with E-state index in [9.17, 15) is 9.18 Å². The van der Waals surface area contributed by atoms with Crippen molar-refractivity contribution >= 4 is 5.91 Å². The highest BCUT2D eigenvalue weighted by Gasteiger charge is 2.21. The minimum absolute atomic E-state index is 0.0105. The van der Waals surface area contributed by atoms with Gasteiger partial charge in [-0.15, -0.1) is 0 Å². The number of likely N-dealkylation sites (tertiary alicyclic amines) is 1. The van der Waals surface area contributed by atoms with Gasteiger partial charge < -0.3 is 5.32 Å². The molecule has 1 radical (unpaired) electrons. The van der Waals surface area contributed by atoms with Gasteiger partial charge in [-0.1, -0.05) is 18.6 Å². The van der Waals surface area contributed by atoms with Gasteiger partial charge in [0.15, 0.2) is 0 Å². The minimum Gasteiger partial charge on any atom is -0.351 e. The number of piperidine rings is 1. The molecule has 1 amide bonds. The highest BCUT2D eigenvalue weighted by atomic mass is 19.1. The van der Waals surface area contributed by atoms with Gasteiger partial charge in [-0.05, 0) is 49.9 Å². The summed E-state index contributed by atoms with van der Waals surface area (Å²) in [5.41, 5.74) is 1.17. The summed E-state index contributed by atoms with van der Waals surface area (Å²) < 4.78 is 12.9. The Morgan fingerprint density at radius 1 is 1.38 bits per heavy atom. The molecule has 1 heterocycles. The Kier molecular flexibility index (Phi) is 6.18. The molecule has 0 saturated carbocycles. The lowest BCUT2D eigenvalue weighted by molar-refractivity contribution is -0.118. The third-order valence-corrected chi connectivity index (χ3v) is 4.05. The molecule has 2 rings (SSSR count). The van der Waals surface area contributed by atoms with Crippen molar-refractivity contribution in [3.05, 3.63) is 42.2 Å². The number of hydrogen-bond acceptors (Lipinski definition) is 2. The number of nitrogens with one attached hydrogen (secondary N) is 1. The van der Waals surface area contributed by atoms with Crippen LogP contribution >= 0.6 is 0 Å². The summed E-state index contributed by atoms with van der Waals surface area (Å²) >= 11 is 0. The zero-order valence-corrected chi connectivity index (χ0v) is 12.6. The molecule has 1 aliphatic heterocycles. The van der Waals surface area contributed by atoms with E-state index in [2.05, 4.69) is 10.2 Å². The quantitative estimate of drug-likeness (QED) is 0.874. The Balaban J connectivity index is 1.80. The first-order valence-corrected chi connectivity index (χ1v) is 7.72. The molecule has 1 unspecified atom stereocenters. The fourth-order valence-corrected chi connectivity index (χ4v) is 2.88. The molecule has 0 aromatic heterocycles. The fourth-order valence-electron chi connectivity index (χ4n) is 2.88. The molecule has 3 nitrogen and oxygen atoms in total. The van der Waals surface area contributed by atoms with Crippen molar-refractivity contribution < 1.29 is 9.18 Å². The lowest BCUT2D eigenvalue weighted by atomic mass is 9.98. The monoisotopic (exact) mass is 291 g/mol. The van der Waals surface area contributed by atoms with Gasteiger partial charge >= 0.3 is 0 Å². The number of rotatable bonds is 6. The molecule has 0 bridgehead atoms. The summed E-state index contributed by atoms with van der Waals surface area (Å²) in [5, 5.41) is 2.76. The maximum absolute atomic E-state index is 12.9. The van der Waals surface area contributed by atoms with E-state index in [0.29, 0.717) is 6.04 Å². The fraction of sp³-hybridized carbons (Fsp3) is 0.529. The number of nitrogens with zero attached hydrogens (tertiary/aromatic N) is 1. The Morgan fingerprint density at radius 2 is 2.14 bits per heavy atom. The summed E-state index contributed by atoms with van der Waals surface area (Å²) in [7, 11) is 0. The SMILES string of the molecule is CC(=O)N[CH]CC1CCCCN1CCc1ccc(F)cc1. The average Bonchev–Trinajstić information content (AvgIpc) is 2.47. The zero-order valence-electron chi connectivity index (χ0n) is 12.6. The predicted molar refractivity (Wildman–Crippen MR) is 82.0 cm³/mol. The van der Waals surface area contributed by atoms with Gasteiger partial charge in [-0.3, -0.25) is 9.69 Å². The smallest absolute Gasteiger partial charge is 0.217 e. The highest BCUT2D eigenvalue weighted by molar-refractivity contribution is 5.73. The number of halogens is 1. The first-order chi connectivity index (χ1) is 10.1. The normalized spacial score (nSPS) is 19.4. The Labute approximate surface area is 126 Å². The van der Waals surface area contributed by atoms with Gasteiger partial charge in [0.05, 0.1) is 6.54 Å². The van der Waals surface area contributed by atoms with E-state index >= 15 is 0 Å². The van der Waals surface area contributed by atoms with Gasteiger partial charge in [0.1, 0.15) is 5.82 Å². The Hall–Kier alpha value is -1.42. The van der Waals surface area contributed by atoms with Crippen molar-refractivity contribution in [2.24, 2.45) is 0 Å². The van der Waals surface area contributed by atoms with Gasteiger partial charge in [0.2, 0.25) is 5.91 Å². The third kappa shape index (κ3) is 5.46. The molecule has 1 fully saturated rings. The molecule has 1 aromatic rings. The summed E-state index contributed by atoms with van der Waals surface area (Å²) in [6.07, 6.45) is 5.51. The molecule has 0 spiro atoms. The second-order valence-corrected chi connectivity index (χ2v) is 5.70. The molecular weight excluding hydrogens is 267 g/mol. The van der Waals surface area contributed by atoms with E-state index in [1.165, 1.54) is 43.9 Å². The molecule has 0 aliphatic carbocycles. The molecule has 4 heteroatoms. The maximum Gasteiger partial charge on any atom is 0.217 e. The van der Waals surface area contributed by atoms with Crippen LogP contribution in [0.4, 0.5) is 4.39 Å². The third-order valence-electron chi connectivity index (χ3n) is 4.05. The van der Waals surface area contributed by atoms with E-state index in [4.69, 9.17) is 0 Å². The van der Waals surface area contributed by atoms with Gasteiger partial charge in [-0.2, -0.15) is 0 Å². The van der Waals surface area contributed by atoms with Crippen molar-refractivity contribution in [1.82, 2.24) is 10.2 Å². The topological polar surface area (TPSA) is 32.3 Å². The summed E-state index contributed by atoms with van der Waals surface area (Å²) in [5.74, 6) is -0.192. The molecule has 1 atom stereocenters. The van der Waals surface area contributed by atoms with Crippen molar-refractivity contribution in [3.63, 3.8) is 0 Å². The van der Waals surface area contributed by atoms with Gasteiger partial charge in [-0.25, -0.2) is 4.39 Å². The van der Waals surface area contributed by atoms with Crippen LogP contribution in [0.1, 0.15) is 38.2 Å². The van der Waals surface area contributed by atoms with Crippen LogP contribution in [-0.4, -0.2) is 29.9 Å². The van der Waals surface area contributed by atoms with Crippen LogP contribution in [0.25, 0.3) is 0 Å². The molecule has 21 heavy (non-hydrogen) atoms. The zero-order chi connectivity index (χ0) is 15.1. The summed E-state index contributed by atoms with van der Waals surface area (Å²) in [6, 6.07) is 7.27. The lowest BCUT2D eigenvalue weighted by Crippen LogP contribution is -2.41. The van der Waals surface area contributed by atoms with Crippen LogP contribution in [-0.2, 0) is 11.2 Å².